The number of hydrogen-bond acceptors (Lipinski definition) is 3. The van der Waals surface area contributed by atoms with Gasteiger partial charge in [0.05, 0.1) is 10.0 Å². The number of nitrogens with two attached hydrogens (primary N) is 1. The van der Waals surface area contributed by atoms with E-state index in [4.69, 9.17) is 28.9 Å². The van der Waals surface area contributed by atoms with E-state index in [1.54, 1.807) is 0 Å². The van der Waals surface area contributed by atoms with E-state index in [9.17, 15) is 13.2 Å². The van der Waals surface area contributed by atoms with Crippen molar-refractivity contribution in [1.29, 1.82) is 0 Å². The molecule has 0 aliphatic carbocycles. The van der Waals surface area contributed by atoms with E-state index < -0.39 is 10.0 Å². The van der Waals surface area contributed by atoms with Crippen molar-refractivity contribution in [1.82, 2.24) is 4.31 Å². The van der Waals surface area contributed by atoms with E-state index in [1.807, 2.05) is 0 Å². The fraction of sp³-hybridized carbons (Fsp3) is 0.417. The largest absolute Gasteiger partial charge is 0.369 e. The molecule has 2 rings (SSSR count). The average Bonchev–Trinajstić information content (AvgIpc) is 2.41. The second-order valence-corrected chi connectivity index (χ2v) is 7.32. The summed E-state index contributed by atoms with van der Waals surface area (Å²) in [7, 11) is -3.70. The summed E-state index contributed by atoms with van der Waals surface area (Å²) in [6, 6.07) is 4.49. The van der Waals surface area contributed by atoms with Gasteiger partial charge in [-0.2, -0.15) is 4.31 Å². The first kappa shape index (κ1) is 15.6. The third kappa shape index (κ3) is 2.93. The summed E-state index contributed by atoms with van der Waals surface area (Å²) in [5.41, 5.74) is 5.23. The monoisotopic (exact) mass is 336 g/mol. The molecule has 20 heavy (non-hydrogen) atoms. The van der Waals surface area contributed by atoms with E-state index in [2.05, 4.69) is 0 Å². The second-order valence-electron chi connectivity index (χ2n) is 4.63. The van der Waals surface area contributed by atoms with Crippen molar-refractivity contribution in [2.45, 2.75) is 17.7 Å². The Morgan fingerprint density at radius 2 is 1.85 bits per heavy atom. The zero-order valence-electron chi connectivity index (χ0n) is 10.6. The quantitative estimate of drug-likeness (QED) is 0.914. The zero-order valence-corrected chi connectivity index (χ0v) is 12.9. The number of piperidine rings is 1. The van der Waals surface area contributed by atoms with Gasteiger partial charge >= 0.3 is 0 Å². The highest BCUT2D eigenvalue weighted by Gasteiger charge is 2.32. The standard InChI is InChI=1S/C12H14Cl2N2O3S/c13-9-2-1-3-10(11(9)14)20(18,19)16-6-4-8(5-7-16)12(15)17/h1-3,8H,4-7H2,(H2,15,17). The number of amides is 1. The van der Waals surface area contributed by atoms with Crippen molar-refractivity contribution in [2.75, 3.05) is 13.1 Å². The lowest BCUT2D eigenvalue weighted by atomic mass is 9.98. The number of nitrogens with zero attached hydrogens (tertiary/aromatic N) is 1. The molecular weight excluding hydrogens is 323 g/mol. The van der Waals surface area contributed by atoms with Gasteiger partial charge in [0, 0.05) is 19.0 Å². The van der Waals surface area contributed by atoms with E-state index in [-0.39, 0.29) is 39.9 Å². The number of benzene rings is 1. The Kier molecular flexibility index (Phi) is 4.59. The SMILES string of the molecule is NC(=O)C1CCN(S(=O)(=O)c2cccc(Cl)c2Cl)CC1. The lowest BCUT2D eigenvalue weighted by Gasteiger charge is -2.30. The Morgan fingerprint density at radius 1 is 1.25 bits per heavy atom. The van der Waals surface area contributed by atoms with Crippen LogP contribution in [0.4, 0.5) is 0 Å². The molecular formula is C12H14Cl2N2O3S. The van der Waals surface area contributed by atoms with Crippen molar-refractivity contribution >= 4 is 39.1 Å². The van der Waals surface area contributed by atoms with Crippen LogP contribution in [0, 0.1) is 5.92 Å². The first-order chi connectivity index (χ1) is 9.34. The molecule has 0 bridgehead atoms. The zero-order chi connectivity index (χ0) is 14.9. The molecule has 0 unspecified atom stereocenters. The van der Waals surface area contributed by atoms with Crippen molar-refractivity contribution in [2.24, 2.45) is 11.7 Å². The lowest BCUT2D eigenvalue weighted by Crippen LogP contribution is -2.41. The highest BCUT2D eigenvalue weighted by atomic mass is 35.5. The van der Waals surface area contributed by atoms with Crippen molar-refractivity contribution < 1.29 is 13.2 Å². The second kappa shape index (κ2) is 5.89. The van der Waals surface area contributed by atoms with Crippen LogP contribution in [0.2, 0.25) is 10.0 Å². The number of hydrogen-bond donors (Lipinski definition) is 1. The maximum Gasteiger partial charge on any atom is 0.244 e. The van der Waals surface area contributed by atoms with Gasteiger partial charge in [-0.05, 0) is 25.0 Å². The van der Waals surface area contributed by atoms with Crippen molar-refractivity contribution in [3.05, 3.63) is 28.2 Å². The third-order valence-electron chi connectivity index (χ3n) is 3.39. The van der Waals surface area contributed by atoms with Crippen LogP contribution < -0.4 is 5.73 Å². The molecule has 1 saturated heterocycles. The van der Waals surface area contributed by atoms with Crippen LogP contribution in [-0.4, -0.2) is 31.7 Å². The molecule has 8 heteroatoms. The van der Waals surface area contributed by atoms with Crippen LogP contribution in [-0.2, 0) is 14.8 Å². The molecule has 0 atom stereocenters. The molecule has 110 valence electrons. The van der Waals surface area contributed by atoms with Crippen LogP contribution in [0.25, 0.3) is 0 Å². The third-order valence-corrected chi connectivity index (χ3v) is 6.26. The summed E-state index contributed by atoms with van der Waals surface area (Å²) < 4.78 is 26.3. The van der Waals surface area contributed by atoms with E-state index >= 15 is 0 Å². The molecule has 2 N–H and O–H groups in total. The summed E-state index contributed by atoms with van der Waals surface area (Å²) >= 11 is 11.8. The number of sulfonamides is 1. The predicted molar refractivity (Wildman–Crippen MR) is 77.1 cm³/mol. The number of carbonyl (C=O) groups is 1. The van der Waals surface area contributed by atoms with Gasteiger partial charge in [-0.1, -0.05) is 29.3 Å². The maximum atomic E-state index is 12.5. The molecule has 1 aromatic carbocycles. The molecule has 0 radical (unpaired) electrons. The van der Waals surface area contributed by atoms with Crippen LogP contribution >= 0.6 is 23.2 Å². The molecule has 0 saturated carbocycles. The minimum absolute atomic E-state index is 0.0100. The van der Waals surface area contributed by atoms with Gasteiger partial charge < -0.3 is 5.73 Å². The fourth-order valence-electron chi connectivity index (χ4n) is 2.20. The summed E-state index contributed by atoms with van der Waals surface area (Å²) in [6.07, 6.45) is 0.847. The fourth-order valence-corrected chi connectivity index (χ4v) is 4.41. The Bertz CT molecular complexity index is 626. The maximum absolute atomic E-state index is 12.5. The summed E-state index contributed by atoms with van der Waals surface area (Å²) in [4.78, 5) is 11.1. The first-order valence-electron chi connectivity index (χ1n) is 6.07. The minimum atomic E-state index is -3.70. The molecule has 1 heterocycles. The van der Waals surface area contributed by atoms with E-state index in [0.717, 1.165) is 0 Å². The number of rotatable bonds is 3. The van der Waals surface area contributed by atoms with Crippen molar-refractivity contribution in [3.63, 3.8) is 0 Å². The smallest absolute Gasteiger partial charge is 0.244 e. The highest BCUT2D eigenvalue weighted by Crippen LogP contribution is 2.32. The van der Waals surface area contributed by atoms with Gasteiger partial charge in [0.15, 0.2) is 0 Å². The molecule has 1 aliphatic rings. The normalized spacial score (nSPS) is 18.1. The number of carbonyl (C=O) groups excluding carboxylic acids is 1. The minimum Gasteiger partial charge on any atom is -0.369 e. The molecule has 1 fully saturated rings. The Labute approximate surface area is 127 Å². The van der Waals surface area contributed by atoms with Crippen LogP contribution in [0.5, 0.6) is 0 Å². The summed E-state index contributed by atoms with van der Waals surface area (Å²) in [6.45, 7) is 0.498. The summed E-state index contributed by atoms with van der Waals surface area (Å²) in [5.74, 6) is -0.654. The van der Waals surface area contributed by atoms with Gasteiger partial charge in [-0.15, -0.1) is 0 Å². The van der Waals surface area contributed by atoms with Crippen molar-refractivity contribution in [3.8, 4) is 0 Å². The van der Waals surface area contributed by atoms with E-state index in [1.165, 1.54) is 22.5 Å². The molecule has 1 aromatic rings. The molecule has 0 spiro atoms. The van der Waals surface area contributed by atoms with Gasteiger partial charge in [-0.3, -0.25) is 4.79 Å². The molecule has 5 nitrogen and oxygen atoms in total. The summed E-state index contributed by atoms with van der Waals surface area (Å²) in [5, 5.41) is 0.214. The molecule has 0 aromatic heterocycles. The number of halogens is 2. The Morgan fingerprint density at radius 3 is 2.40 bits per heavy atom. The highest BCUT2D eigenvalue weighted by molar-refractivity contribution is 7.89. The van der Waals surface area contributed by atoms with E-state index in [0.29, 0.717) is 12.8 Å². The van der Waals surface area contributed by atoms with Gasteiger partial charge in [0.1, 0.15) is 4.90 Å². The predicted octanol–water partition coefficient (Wildman–Crippen LogP) is 1.88. The van der Waals surface area contributed by atoms with Crippen LogP contribution in [0.15, 0.2) is 23.1 Å². The molecule has 1 aliphatic heterocycles. The first-order valence-corrected chi connectivity index (χ1v) is 8.27. The van der Waals surface area contributed by atoms with Gasteiger partial charge in [0.25, 0.3) is 0 Å². The lowest BCUT2D eigenvalue weighted by molar-refractivity contribution is -0.122. The average molecular weight is 337 g/mol. The topological polar surface area (TPSA) is 80.5 Å². The Hall–Kier alpha value is -0.820. The number of primary amides is 1. The van der Waals surface area contributed by atoms with Crippen LogP contribution in [0.1, 0.15) is 12.8 Å². The molecule has 1 amide bonds. The Balaban J connectivity index is 2.24. The van der Waals surface area contributed by atoms with Crippen LogP contribution in [0.3, 0.4) is 0 Å². The van der Waals surface area contributed by atoms with Gasteiger partial charge in [0.2, 0.25) is 15.9 Å². The van der Waals surface area contributed by atoms with Gasteiger partial charge in [-0.25, -0.2) is 8.42 Å².